The predicted molar refractivity (Wildman–Crippen MR) is 68.0 cm³/mol. The maximum Gasteiger partial charge on any atom is 0.0145 e. The summed E-state index contributed by atoms with van der Waals surface area (Å²) in [6.45, 7) is 4.60. The van der Waals surface area contributed by atoms with Crippen molar-refractivity contribution < 1.29 is 19.5 Å². The molecule has 86 valence electrons. The van der Waals surface area contributed by atoms with E-state index in [1.54, 1.807) is 0 Å². The predicted octanol–water partition coefficient (Wildman–Crippen LogP) is 5.15. The van der Waals surface area contributed by atoms with E-state index in [0.717, 1.165) is 16.7 Å². The topological polar surface area (TPSA) is 0 Å². The van der Waals surface area contributed by atoms with Gasteiger partial charge in [0, 0.05) is 24.3 Å². The number of rotatable bonds is 5. The van der Waals surface area contributed by atoms with Crippen molar-refractivity contribution in [3.8, 4) is 0 Å². The number of alkyl halides is 1. The van der Waals surface area contributed by atoms with Crippen LogP contribution in [0.5, 0.6) is 0 Å². The average molecular weight is 327 g/mol. The minimum atomic E-state index is 0. The molecule has 0 saturated heterocycles. The zero-order valence-electron chi connectivity index (χ0n) is 10.5. The molecule has 0 N–H and O–H groups in total. The molecule has 0 spiro atoms. The molecule has 2 heteroatoms. The van der Waals surface area contributed by atoms with Crippen LogP contribution >= 0.6 is 15.9 Å². The van der Waals surface area contributed by atoms with Crippen LogP contribution in [0.2, 0.25) is 0 Å². The molecule has 0 aliphatic heterocycles. The van der Waals surface area contributed by atoms with Crippen LogP contribution in [0.3, 0.4) is 0 Å². The third-order valence-corrected chi connectivity index (χ3v) is 4.50. The van der Waals surface area contributed by atoms with E-state index in [0.29, 0.717) is 0 Å². The zero-order chi connectivity index (χ0) is 10.4. The van der Waals surface area contributed by atoms with E-state index in [2.05, 4.69) is 29.8 Å². The van der Waals surface area contributed by atoms with E-state index in [1.807, 2.05) is 0 Å². The maximum atomic E-state index is 3.72. The molecule has 1 fully saturated rings. The summed E-state index contributed by atoms with van der Waals surface area (Å²) < 4.78 is 0. The van der Waals surface area contributed by atoms with Gasteiger partial charge in [-0.05, 0) is 24.7 Å². The second kappa shape index (κ2) is 9.17. The van der Waals surface area contributed by atoms with Gasteiger partial charge in [-0.1, -0.05) is 68.3 Å². The van der Waals surface area contributed by atoms with E-state index < -0.39 is 0 Å². The van der Waals surface area contributed by atoms with Crippen LogP contribution in [0, 0.1) is 11.8 Å². The molecule has 15 heavy (non-hydrogen) atoms. The summed E-state index contributed by atoms with van der Waals surface area (Å²) in [6.07, 6.45) is 11.7. The molecule has 0 heterocycles. The van der Waals surface area contributed by atoms with Crippen LogP contribution in [0.4, 0.5) is 0 Å². The van der Waals surface area contributed by atoms with E-state index in [4.69, 9.17) is 0 Å². The van der Waals surface area contributed by atoms with Gasteiger partial charge in [-0.25, -0.2) is 0 Å². The van der Waals surface area contributed by atoms with E-state index in [1.165, 1.54) is 51.4 Å². The molecule has 1 aliphatic rings. The molecule has 0 aromatic rings. The van der Waals surface area contributed by atoms with Crippen molar-refractivity contribution in [2.75, 3.05) is 0 Å². The first-order valence-electron chi connectivity index (χ1n) is 6.38. The van der Waals surface area contributed by atoms with Gasteiger partial charge >= 0.3 is 0 Å². The number of hydrogen-bond acceptors (Lipinski definition) is 0. The Labute approximate surface area is 117 Å². The molecule has 1 saturated carbocycles. The van der Waals surface area contributed by atoms with E-state index >= 15 is 0 Å². The molecule has 0 aromatic carbocycles. The second-order valence-corrected chi connectivity index (χ2v) is 6.40. The first kappa shape index (κ1) is 16.1. The standard InChI is InChI=1S/C13H25Br.Zn/c1-3-4-5-6-12-7-9-13(10-8-12)11(2)14;/h11-13H,3-10H2,1-2H3;. The molecular weight excluding hydrogens is 301 g/mol. The van der Waals surface area contributed by atoms with Gasteiger partial charge in [0.15, 0.2) is 0 Å². The molecule has 0 aromatic heterocycles. The van der Waals surface area contributed by atoms with Gasteiger partial charge in [-0.3, -0.25) is 0 Å². The Morgan fingerprint density at radius 1 is 1.13 bits per heavy atom. The molecule has 0 bridgehead atoms. The smallest absolute Gasteiger partial charge is 0.0145 e. The molecule has 1 unspecified atom stereocenters. The Morgan fingerprint density at radius 2 is 1.73 bits per heavy atom. The normalized spacial score (nSPS) is 28.2. The summed E-state index contributed by atoms with van der Waals surface area (Å²) in [5, 5.41) is 0. The van der Waals surface area contributed by atoms with Gasteiger partial charge in [0.05, 0.1) is 0 Å². The summed E-state index contributed by atoms with van der Waals surface area (Å²) in [4.78, 5) is 0.735. The molecule has 0 nitrogen and oxygen atoms in total. The molecular formula is C13H25BrZn. The number of unbranched alkanes of at least 4 members (excludes halogenated alkanes) is 2. The summed E-state index contributed by atoms with van der Waals surface area (Å²) in [7, 11) is 0. The Bertz CT molecular complexity index is 139. The van der Waals surface area contributed by atoms with Gasteiger partial charge in [0.25, 0.3) is 0 Å². The zero-order valence-corrected chi connectivity index (χ0v) is 15.0. The third-order valence-electron chi connectivity index (χ3n) is 3.76. The minimum absolute atomic E-state index is 0. The van der Waals surface area contributed by atoms with E-state index in [-0.39, 0.29) is 19.5 Å². The second-order valence-electron chi connectivity index (χ2n) is 4.95. The van der Waals surface area contributed by atoms with Crippen molar-refractivity contribution in [1.29, 1.82) is 0 Å². The van der Waals surface area contributed by atoms with Gasteiger partial charge in [0.1, 0.15) is 0 Å². The summed E-state index contributed by atoms with van der Waals surface area (Å²) in [5.74, 6) is 2.02. The van der Waals surface area contributed by atoms with Crippen molar-refractivity contribution in [2.24, 2.45) is 11.8 Å². The Hall–Kier alpha value is 1.10. The van der Waals surface area contributed by atoms with Crippen molar-refractivity contribution in [2.45, 2.75) is 70.0 Å². The number of halogens is 1. The van der Waals surface area contributed by atoms with Crippen molar-refractivity contribution >= 4 is 15.9 Å². The molecule has 1 rings (SSSR count). The molecule has 1 atom stereocenters. The fourth-order valence-corrected chi connectivity index (χ4v) is 3.15. The summed E-state index contributed by atoms with van der Waals surface area (Å²) in [6, 6.07) is 0. The van der Waals surface area contributed by atoms with Crippen LogP contribution in [0.15, 0.2) is 0 Å². The Kier molecular flexibility index (Phi) is 9.84. The molecule has 0 amide bonds. The largest absolute Gasteiger partial charge is 0.0891 e. The first-order valence-corrected chi connectivity index (χ1v) is 7.29. The quantitative estimate of drug-likeness (QED) is 0.372. The Balaban J connectivity index is 0.00000196. The van der Waals surface area contributed by atoms with Gasteiger partial charge in [0.2, 0.25) is 0 Å². The van der Waals surface area contributed by atoms with Gasteiger partial charge < -0.3 is 0 Å². The minimum Gasteiger partial charge on any atom is -0.0891 e. The average Bonchev–Trinajstić information content (AvgIpc) is 2.19. The Morgan fingerprint density at radius 3 is 2.20 bits per heavy atom. The molecule has 0 radical (unpaired) electrons. The summed E-state index contributed by atoms with van der Waals surface area (Å²) in [5.41, 5.74) is 0. The van der Waals surface area contributed by atoms with Gasteiger partial charge in [-0.2, -0.15) is 0 Å². The van der Waals surface area contributed by atoms with Crippen LogP contribution in [0.25, 0.3) is 0 Å². The van der Waals surface area contributed by atoms with Crippen LogP contribution in [-0.4, -0.2) is 4.83 Å². The van der Waals surface area contributed by atoms with Crippen LogP contribution in [-0.2, 0) is 19.5 Å². The van der Waals surface area contributed by atoms with Crippen molar-refractivity contribution in [3.05, 3.63) is 0 Å². The van der Waals surface area contributed by atoms with Crippen LogP contribution in [0.1, 0.15) is 65.2 Å². The fraction of sp³-hybridized carbons (Fsp3) is 1.00. The fourth-order valence-electron chi connectivity index (χ4n) is 2.62. The maximum absolute atomic E-state index is 3.72. The molecule has 1 aliphatic carbocycles. The number of hydrogen-bond donors (Lipinski definition) is 0. The van der Waals surface area contributed by atoms with E-state index in [9.17, 15) is 0 Å². The van der Waals surface area contributed by atoms with Crippen LogP contribution < -0.4 is 0 Å². The van der Waals surface area contributed by atoms with Crippen molar-refractivity contribution in [3.63, 3.8) is 0 Å². The third kappa shape index (κ3) is 6.42. The first-order chi connectivity index (χ1) is 6.74. The van der Waals surface area contributed by atoms with Gasteiger partial charge in [-0.15, -0.1) is 0 Å². The monoisotopic (exact) mass is 324 g/mol. The summed E-state index contributed by atoms with van der Waals surface area (Å²) >= 11 is 3.72. The SMILES string of the molecule is CCCCCC1CCC(C(C)Br)CC1.[Zn]. The van der Waals surface area contributed by atoms with Crippen molar-refractivity contribution in [1.82, 2.24) is 0 Å².